The minimum Gasteiger partial charge on any atom is -0.480 e. The van der Waals surface area contributed by atoms with Crippen molar-refractivity contribution in [3.05, 3.63) is 36.4 Å². The van der Waals surface area contributed by atoms with E-state index in [1.54, 1.807) is 13.8 Å². The van der Waals surface area contributed by atoms with Crippen LogP contribution in [0.5, 0.6) is 0 Å². The Labute approximate surface area is 212 Å². The van der Waals surface area contributed by atoms with E-state index in [4.69, 9.17) is 11.5 Å². The van der Waals surface area contributed by atoms with Crippen LogP contribution in [-0.2, 0) is 36.8 Å². The van der Waals surface area contributed by atoms with Gasteiger partial charge in [-0.05, 0) is 12.3 Å². The molecule has 37 heavy (non-hydrogen) atoms. The van der Waals surface area contributed by atoms with Gasteiger partial charge in [-0.2, -0.15) is 0 Å². The molecule has 0 spiro atoms. The number of nitrogens with two attached hydrogens (primary N) is 2. The van der Waals surface area contributed by atoms with Crippen molar-refractivity contribution in [2.24, 2.45) is 17.4 Å². The molecule has 2 aromatic heterocycles. The third-order valence-corrected chi connectivity index (χ3v) is 5.48. The molecule has 4 unspecified atom stereocenters. The molecular weight excluding hydrogens is 486 g/mol. The lowest BCUT2D eigenvalue weighted by atomic mass is 10.0. The standard InChI is InChI=1S/C22H33N9O6/c1-11(2)18(21(35)29-15(22(36)37)3-4-17(24)32)31-20(34)16(6-13-8-26-10-28-13)30-19(33)14(23)5-12-7-25-9-27-12/h7-11,14-16,18H,3-6,23H2,1-2H3,(H2,24,32)(H,25,27)(H,26,28)(H,29,35)(H,30,33)(H,31,34)(H,36,37). The number of carboxylic acids is 1. The summed E-state index contributed by atoms with van der Waals surface area (Å²) in [7, 11) is 0. The number of H-pyrrole nitrogens is 2. The van der Waals surface area contributed by atoms with Crippen LogP contribution in [-0.4, -0.2) is 78.8 Å². The summed E-state index contributed by atoms with van der Waals surface area (Å²) in [5.41, 5.74) is 12.3. The number of rotatable bonds is 15. The molecule has 2 aromatic rings. The number of aromatic amines is 2. The molecule has 2 heterocycles. The highest BCUT2D eigenvalue weighted by Crippen LogP contribution is 2.08. The van der Waals surface area contributed by atoms with Crippen LogP contribution in [0, 0.1) is 5.92 Å². The second kappa shape index (κ2) is 13.7. The molecule has 0 aliphatic carbocycles. The first-order valence-corrected chi connectivity index (χ1v) is 11.6. The van der Waals surface area contributed by atoms with E-state index in [-0.39, 0.29) is 25.7 Å². The highest BCUT2D eigenvalue weighted by molar-refractivity contribution is 5.94. The van der Waals surface area contributed by atoms with Crippen LogP contribution >= 0.6 is 0 Å². The smallest absolute Gasteiger partial charge is 0.326 e. The van der Waals surface area contributed by atoms with Gasteiger partial charge in [0.2, 0.25) is 23.6 Å². The number of nitrogens with one attached hydrogen (secondary N) is 5. The summed E-state index contributed by atoms with van der Waals surface area (Å²) in [5.74, 6) is -4.55. The van der Waals surface area contributed by atoms with Gasteiger partial charge < -0.3 is 42.5 Å². The van der Waals surface area contributed by atoms with E-state index in [1.807, 2.05) is 0 Å². The number of imidazole rings is 2. The zero-order chi connectivity index (χ0) is 27.5. The summed E-state index contributed by atoms with van der Waals surface area (Å²) in [6, 6.07) is -4.62. The average molecular weight is 520 g/mol. The van der Waals surface area contributed by atoms with Crippen molar-refractivity contribution < 1.29 is 29.1 Å². The van der Waals surface area contributed by atoms with Gasteiger partial charge in [-0.25, -0.2) is 14.8 Å². The lowest BCUT2D eigenvalue weighted by molar-refractivity contribution is -0.143. The summed E-state index contributed by atoms with van der Waals surface area (Å²) in [5, 5.41) is 16.9. The maximum absolute atomic E-state index is 13.2. The van der Waals surface area contributed by atoms with Gasteiger partial charge in [0.25, 0.3) is 0 Å². The zero-order valence-corrected chi connectivity index (χ0v) is 20.6. The Bertz CT molecular complexity index is 1050. The molecular formula is C22H33N9O6. The van der Waals surface area contributed by atoms with E-state index in [9.17, 15) is 29.1 Å². The highest BCUT2D eigenvalue weighted by atomic mass is 16.4. The summed E-state index contributed by atoms with van der Waals surface area (Å²) >= 11 is 0. The number of hydrogen-bond donors (Lipinski definition) is 8. The quantitative estimate of drug-likeness (QED) is 0.126. The second-order valence-corrected chi connectivity index (χ2v) is 8.86. The van der Waals surface area contributed by atoms with Crippen molar-refractivity contribution in [3.63, 3.8) is 0 Å². The van der Waals surface area contributed by atoms with E-state index in [0.29, 0.717) is 11.4 Å². The molecule has 0 aliphatic rings. The molecule has 0 aliphatic heterocycles. The van der Waals surface area contributed by atoms with E-state index >= 15 is 0 Å². The Morgan fingerprint density at radius 3 is 1.95 bits per heavy atom. The first-order chi connectivity index (χ1) is 17.5. The average Bonchev–Trinajstić information content (AvgIpc) is 3.53. The minimum atomic E-state index is -1.38. The van der Waals surface area contributed by atoms with Crippen LogP contribution in [0.25, 0.3) is 0 Å². The Balaban J connectivity index is 2.13. The maximum Gasteiger partial charge on any atom is 0.326 e. The molecule has 0 radical (unpaired) electrons. The van der Waals surface area contributed by atoms with Crippen LogP contribution in [0.2, 0.25) is 0 Å². The fourth-order valence-corrected chi connectivity index (χ4v) is 3.42. The van der Waals surface area contributed by atoms with E-state index in [2.05, 4.69) is 35.9 Å². The van der Waals surface area contributed by atoms with Crippen LogP contribution in [0.4, 0.5) is 0 Å². The molecule has 0 saturated carbocycles. The number of carbonyl (C=O) groups is 5. The van der Waals surface area contributed by atoms with Gasteiger partial charge in [0.15, 0.2) is 0 Å². The summed E-state index contributed by atoms with van der Waals surface area (Å²) in [6.07, 6.45) is 5.61. The van der Waals surface area contributed by atoms with Gasteiger partial charge in [0, 0.05) is 43.0 Å². The van der Waals surface area contributed by atoms with Gasteiger partial charge in [0.1, 0.15) is 18.1 Å². The Morgan fingerprint density at radius 1 is 0.892 bits per heavy atom. The Hall–Kier alpha value is -4.27. The lowest BCUT2D eigenvalue weighted by Crippen LogP contribution is -2.59. The summed E-state index contributed by atoms with van der Waals surface area (Å²) < 4.78 is 0. The molecule has 4 amide bonds. The second-order valence-electron chi connectivity index (χ2n) is 8.86. The molecule has 15 nitrogen and oxygen atoms in total. The number of carboxylic acid groups (broad SMARTS) is 1. The minimum absolute atomic E-state index is 0.0249. The molecule has 0 aromatic carbocycles. The predicted molar refractivity (Wildman–Crippen MR) is 129 cm³/mol. The number of nitrogens with zero attached hydrogens (tertiary/aromatic N) is 2. The van der Waals surface area contributed by atoms with E-state index in [0.717, 1.165) is 0 Å². The Kier molecular flexibility index (Phi) is 10.7. The maximum atomic E-state index is 13.2. The van der Waals surface area contributed by atoms with Crippen LogP contribution in [0.1, 0.15) is 38.1 Å². The third-order valence-electron chi connectivity index (χ3n) is 5.48. The van der Waals surface area contributed by atoms with Crippen molar-refractivity contribution in [2.75, 3.05) is 0 Å². The van der Waals surface area contributed by atoms with Crippen LogP contribution < -0.4 is 27.4 Å². The molecule has 0 saturated heterocycles. The van der Waals surface area contributed by atoms with Gasteiger partial charge in [-0.15, -0.1) is 0 Å². The van der Waals surface area contributed by atoms with E-state index in [1.165, 1.54) is 25.0 Å². The Morgan fingerprint density at radius 2 is 1.46 bits per heavy atom. The topological polar surface area (TPSA) is 251 Å². The predicted octanol–water partition coefficient (Wildman–Crippen LogP) is -2.29. The number of aliphatic carboxylic acids is 1. The van der Waals surface area contributed by atoms with Crippen LogP contribution in [0.3, 0.4) is 0 Å². The normalized spacial score (nSPS) is 14.3. The van der Waals surface area contributed by atoms with E-state index < -0.39 is 59.7 Å². The highest BCUT2D eigenvalue weighted by Gasteiger charge is 2.32. The first-order valence-electron chi connectivity index (χ1n) is 11.6. The van der Waals surface area contributed by atoms with Crippen molar-refractivity contribution in [3.8, 4) is 0 Å². The zero-order valence-electron chi connectivity index (χ0n) is 20.6. The number of hydrogen-bond acceptors (Lipinski definition) is 8. The third kappa shape index (κ3) is 9.36. The first kappa shape index (κ1) is 29.0. The lowest BCUT2D eigenvalue weighted by Gasteiger charge is -2.27. The molecule has 0 fully saturated rings. The SMILES string of the molecule is CC(C)C(NC(=O)C(Cc1cnc[nH]1)NC(=O)C(N)Cc1cnc[nH]1)C(=O)NC(CCC(N)=O)C(=O)O. The molecule has 0 bridgehead atoms. The molecule has 10 N–H and O–H groups in total. The molecule has 4 atom stereocenters. The summed E-state index contributed by atoms with van der Waals surface area (Å²) in [6.45, 7) is 3.32. The molecule has 15 heteroatoms. The van der Waals surface area contributed by atoms with Gasteiger partial charge >= 0.3 is 5.97 Å². The van der Waals surface area contributed by atoms with Crippen molar-refractivity contribution in [1.82, 2.24) is 35.9 Å². The number of aromatic nitrogens is 4. The van der Waals surface area contributed by atoms with Crippen molar-refractivity contribution >= 4 is 29.6 Å². The molecule has 2 rings (SSSR count). The van der Waals surface area contributed by atoms with Gasteiger partial charge in [-0.3, -0.25) is 19.2 Å². The summed E-state index contributed by atoms with van der Waals surface area (Å²) in [4.78, 5) is 74.9. The van der Waals surface area contributed by atoms with Crippen molar-refractivity contribution in [1.29, 1.82) is 0 Å². The number of carbonyl (C=O) groups excluding carboxylic acids is 4. The van der Waals surface area contributed by atoms with Gasteiger partial charge in [-0.1, -0.05) is 13.8 Å². The van der Waals surface area contributed by atoms with Crippen molar-refractivity contribution in [2.45, 2.75) is 63.7 Å². The fourth-order valence-electron chi connectivity index (χ4n) is 3.42. The fraction of sp³-hybridized carbons (Fsp3) is 0.500. The number of primary amides is 1. The monoisotopic (exact) mass is 519 g/mol. The molecule has 202 valence electrons. The largest absolute Gasteiger partial charge is 0.480 e. The van der Waals surface area contributed by atoms with Crippen LogP contribution in [0.15, 0.2) is 25.0 Å². The number of amides is 4. The van der Waals surface area contributed by atoms with Gasteiger partial charge in [0.05, 0.1) is 18.7 Å².